The van der Waals surface area contributed by atoms with Gasteiger partial charge in [0, 0.05) is 47.5 Å². The molecule has 0 aromatic heterocycles. The fourth-order valence-corrected chi connectivity index (χ4v) is 5.58. The first kappa shape index (κ1) is 29.1. The second-order valence-electron chi connectivity index (χ2n) is 9.81. The Bertz CT molecular complexity index is 983. The fourth-order valence-electron chi connectivity index (χ4n) is 4.67. The number of hydrogen-bond acceptors (Lipinski definition) is 5. The number of rotatable bonds is 12. The van der Waals surface area contributed by atoms with Crippen molar-refractivity contribution in [1.82, 2.24) is 10.2 Å². The largest absolute Gasteiger partial charge is 0.388 e. The van der Waals surface area contributed by atoms with E-state index in [9.17, 15) is 9.90 Å². The molecule has 2 atom stereocenters. The van der Waals surface area contributed by atoms with Crippen LogP contribution in [0.25, 0.3) is 0 Å². The summed E-state index contributed by atoms with van der Waals surface area (Å²) in [5.41, 5.74) is 2.96. The van der Waals surface area contributed by atoms with E-state index in [0.29, 0.717) is 35.5 Å². The van der Waals surface area contributed by atoms with Crippen LogP contribution in [0.2, 0.25) is 10.0 Å². The fraction of sp³-hybridized carbons (Fsp3) is 0.536. The molecule has 3 rings (SSSR count). The summed E-state index contributed by atoms with van der Waals surface area (Å²) >= 11 is 14.3. The van der Waals surface area contributed by atoms with Gasteiger partial charge in [-0.2, -0.15) is 11.8 Å². The van der Waals surface area contributed by atoms with Crippen molar-refractivity contribution in [3.63, 3.8) is 0 Å². The topological polar surface area (TPSA) is 55.8 Å². The molecule has 2 aromatic carbocycles. The second kappa shape index (κ2) is 14.5. The minimum absolute atomic E-state index is 0.109. The van der Waals surface area contributed by atoms with Crippen LogP contribution in [-0.4, -0.2) is 66.7 Å². The summed E-state index contributed by atoms with van der Waals surface area (Å²) in [6, 6.07) is 13.2. The van der Waals surface area contributed by atoms with Crippen molar-refractivity contribution in [3.05, 3.63) is 63.6 Å². The molecule has 0 aliphatic carbocycles. The van der Waals surface area contributed by atoms with Gasteiger partial charge >= 0.3 is 0 Å². The van der Waals surface area contributed by atoms with Gasteiger partial charge in [0.15, 0.2) is 0 Å². The van der Waals surface area contributed by atoms with Gasteiger partial charge in [0.05, 0.1) is 12.1 Å². The molecule has 0 spiro atoms. The third-order valence-electron chi connectivity index (χ3n) is 6.58. The Hall–Kier alpha value is -1.44. The number of para-hydroxylation sites is 1. The summed E-state index contributed by atoms with van der Waals surface area (Å²) in [7, 11) is 0. The molecule has 0 bridgehead atoms. The SMILES string of the molecule is CSCCCN[C@H](Cc1ccc(Cl)cc1Cl)C(=O)N1CCN(c2ccccc2C(O)CC(C)C)CC1. The van der Waals surface area contributed by atoms with Crippen molar-refractivity contribution in [2.75, 3.05) is 49.6 Å². The number of carbonyl (C=O) groups excluding carboxylic acids is 1. The molecule has 1 aliphatic rings. The summed E-state index contributed by atoms with van der Waals surface area (Å²) in [6.45, 7) is 7.78. The molecule has 2 N–H and O–H groups in total. The number of amides is 1. The smallest absolute Gasteiger partial charge is 0.240 e. The van der Waals surface area contributed by atoms with E-state index in [-0.39, 0.29) is 11.9 Å². The number of hydrogen-bond donors (Lipinski definition) is 2. The molecule has 0 saturated carbocycles. The molecule has 1 fully saturated rings. The van der Waals surface area contributed by atoms with Crippen LogP contribution in [-0.2, 0) is 11.2 Å². The molecule has 36 heavy (non-hydrogen) atoms. The zero-order valence-electron chi connectivity index (χ0n) is 21.6. The quantitative estimate of drug-likeness (QED) is 0.332. The van der Waals surface area contributed by atoms with Gasteiger partial charge in [-0.25, -0.2) is 0 Å². The average Bonchev–Trinajstić information content (AvgIpc) is 2.86. The Morgan fingerprint density at radius 3 is 2.50 bits per heavy atom. The van der Waals surface area contributed by atoms with Crippen LogP contribution in [0.4, 0.5) is 5.69 Å². The van der Waals surface area contributed by atoms with Gasteiger partial charge in [-0.15, -0.1) is 0 Å². The highest BCUT2D eigenvalue weighted by Crippen LogP contribution is 2.31. The first-order chi connectivity index (χ1) is 17.3. The average molecular weight is 553 g/mol. The maximum Gasteiger partial charge on any atom is 0.240 e. The molecule has 0 radical (unpaired) electrons. The van der Waals surface area contributed by atoms with E-state index in [0.717, 1.165) is 55.0 Å². The van der Waals surface area contributed by atoms with E-state index < -0.39 is 6.10 Å². The van der Waals surface area contributed by atoms with Crippen molar-refractivity contribution < 1.29 is 9.90 Å². The van der Waals surface area contributed by atoms with Crippen molar-refractivity contribution in [1.29, 1.82) is 0 Å². The van der Waals surface area contributed by atoms with Crippen LogP contribution in [0, 0.1) is 5.92 Å². The molecule has 198 valence electrons. The molecule has 8 heteroatoms. The van der Waals surface area contributed by atoms with Crippen LogP contribution in [0.3, 0.4) is 0 Å². The Morgan fingerprint density at radius 1 is 1.11 bits per heavy atom. The zero-order chi connectivity index (χ0) is 26.1. The number of carbonyl (C=O) groups is 1. The van der Waals surface area contributed by atoms with E-state index in [1.165, 1.54) is 0 Å². The maximum atomic E-state index is 13.6. The molecule has 1 aliphatic heterocycles. The van der Waals surface area contributed by atoms with Gasteiger partial charge in [0.2, 0.25) is 5.91 Å². The number of aliphatic hydroxyl groups is 1. The van der Waals surface area contributed by atoms with E-state index in [2.05, 4.69) is 36.4 Å². The van der Waals surface area contributed by atoms with Crippen LogP contribution < -0.4 is 10.2 Å². The number of anilines is 1. The number of benzene rings is 2. The summed E-state index contributed by atoms with van der Waals surface area (Å²) in [5, 5.41) is 15.5. The van der Waals surface area contributed by atoms with Crippen molar-refractivity contribution in [2.45, 2.75) is 45.3 Å². The number of aliphatic hydroxyl groups excluding tert-OH is 1. The first-order valence-corrected chi connectivity index (χ1v) is 14.9. The molecule has 1 heterocycles. The first-order valence-electron chi connectivity index (χ1n) is 12.8. The lowest BCUT2D eigenvalue weighted by atomic mass is 9.97. The molecule has 5 nitrogen and oxygen atoms in total. The third-order valence-corrected chi connectivity index (χ3v) is 7.86. The summed E-state index contributed by atoms with van der Waals surface area (Å²) in [4.78, 5) is 17.9. The van der Waals surface area contributed by atoms with Gasteiger partial charge in [0.1, 0.15) is 0 Å². The Labute approximate surface area is 230 Å². The van der Waals surface area contributed by atoms with Gasteiger partial charge in [-0.3, -0.25) is 4.79 Å². The summed E-state index contributed by atoms with van der Waals surface area (Å²) in [6.07, 6.45) is 3.86. The summed E-state index contributed by atoms with van der Waals surface area (Å²) in [5.74, 6) is 1.58. The maximum absolute atomic E-state index is 13.6. The minimum atomic E-state index is -0.486. The number of halogens is 2. The van der Waals surface area contributed by atoms with Gasteiger partial charge in [-0.05, 0) is 67.5 Å². The number of piperazine rings is 1. The molecular formula is C28H39Cl2N3O2S. The Kier molecular flexibility index (Phi) is 11.7. The lowest BCUT2D eigenvalue weighted by Gasteiger charge is -2.39. The standard InChI is InChI=1S/C28H39Cl2N3O2S/c1-20(2)17-27(34)23-7-4-5-8-26(23)32-12-14-33(15-13-32)28(35)25(31-11-6-16-36-3)18-21-9-10-22(29)19-24(21)30/h4-5,7-10,19-20,25,27,31,34H,6,11-18H2,1-3H3/t25-,27?/m1/s1. The Balaban J connectivity index is 1.67. The van der Waals surface area contributed by atoms with Gasteiger partial charge in [-0.1, -0.05) is 61.3 Å². The zero-order valence-corrected chi connectivity index (χ0v) is 23.9. The number of nitrogens with zero attached hydrogens (tertiary/aromatic N) is 2. The van der Waals surface area contributed by atoms with E-state index in [1.807, 2.05) is 47.0 Å². The predicted octanol–water partition coefficient (Wildman–Crippen LogP) is 5.68. The highest BCUT2D eigenvalue weighted by atomic mass is 35.5. The number of thioether (sulfide) groups is 1. The second-order valence-corrected chi connectivity index (χ2v) is 11.6. The predicted molar refractivity (Wildman–Crippen MR) is 155 cm³/mol. The van der Waals surface area contributed by atoms with Crippen molar-refractivity contribution in [3.8, 4) is 0 Å². The minimum Gasteiger partial charge on any atom is -0.388 e. The van der Waals surface area contributed by atoms with Crippen molar-refractivity contribution >= 4 is 46.6 Å². The lowest BCUT2D eigenvalue weighted by Crippen LogP contribution is -2.55. The normalized spacial score (nSPS) is 15.9. The highest BCUT2D eigenvalue weighted by Gasteiger charge is 2.29. The molecule has 1 saturated heterocycles. The summed E-state index contributed by atoms with van der Waals surface area (Å²) < 4.78 is 0. The van der Waals surface area contributed by atoms with Gasteiger partial charge < -0.3 is 20.2 Å². The molecule has 2 aromatic rings. The highest BCUT2D eigenvalue weighted by molar-refractivity contribution is 7.98. The monoisotopic (exact) mass is 551 g/mol. The van der Waals surface area contributed by atoms with E-state index in [4.69, 9.17) is 23.2 Å². The van der Waals surface area contributed by atoms with Gasteiger partial charge in [0.25, 0.3) is 0 Å². The van der Waals surface area contributed by atoms with Crippen LogP contribution in [0.1, 0.15) is 43.9 Å². The van der Waals surface area contributed by atoms with E-state index >= 15 is 0 Å². The van der Waals surface area contributed by atoms with Crippen LogP contribution in [0.5, 0.6) is 0 Å². The lowest BCUT2D eigenvalue weighted by molar-refractivity contribution is -0.133. The van der Waals surface area contributed by atoms with Crippen LogP contribution >= 0.6 is 35.0 Å². The Morgan fingerprint density at radius 2 is 1.83 bits per heavy atom. The van der Waals surface area contributed by atoms with Crippen molar-refractivity contribution in [2.24, 2.45) is 5.92 Å². The molecule has 1 unspecified atom stereocenters. The third kappa shape index (κ3) is 8.29. The molecule has 1 amide bonds. The van der Waals surface area contributed by atoms with E-state index in [1.54, 1.807) is 6.07 Å². The number of nitrogens with one attached hydrogen (secondary N) is 1. The van der Waals surface area contributed by atoms with Crippen LogP contribution in [0.15, 0.2) is 42.5 Å². The molecular weight excluding hydrogens is 513 g/mol.